The molecule has 0 saturated heterocycles. The molecule has 1 aromatic heterocycles. The van der Waals surface area contributed by atoms with Gasteiger partial charge in [0.25, 0.3) is 0 Å². The van der Waals surface area contributed by atoms with Gasteiger partial charge in [0.05, 0.1) is 17.0 Å². The molecular formula is C20H26BrN3O3S. The molecule has 2 rings (SSSR count). The van der Waals surface area contributed by atoms with E-state index in [1.165, 1.54) is 11.8 Å². The lowest BCUT2D eigenvalue weighted by Gasteiger charge is -2.30. The smallest absolute Gasteiger partial charge is 0.238 e. The van der Waals surface area contributed by atoms with Crippen LogP contribution in [0.5, 0.6) is 0 Å². The van der Waals surface area contributed by atoms with Crippen molar-refractivity contribution in [2.75, 3.05) is 17.6 Å². The van der Waals surface area contributed by atoms with E-state index in [-0.39, 0.29) is 28.9 Å². The molecule has 0 aliphatic rings. The third-order valence-corrected chi connectivity index (χ3v) is 6.16. The fourth-order valence-corrected chi connectivity index (χ4v) is 4.15. The Morgan fingerprint density at radius 2 is 2.04 bits per heavy atom. The zero-order valence-corrected chi connectivity index (χ0v) is 19.0. The van der Waals surface area contributed by atoms with Crippen molar-refractivity contribution in [1.82, 2.24) is 10.1 Å². The van der Waals surface area contributed by atoms with Crippen molar-refractivity contribution in [3.63, 3.8) is 0 Å². The maximum absolute atomic E-state index is 12.9. The monoisotopic (exact) mass is 467 g/mol. The van der Waals surface area contributed by atoms with Crippen LogP contribution in [0, 0.1) is 6.92 Å². The first kappa shape index (κ1) is 22.5. The first-order valence-corrected chi connectivity index (χ1v) is 11.1. The summed E-state index contributed by atoms with van der Waals surface area (Å²) in [6.07, 6.45) is 0.868. The highest BCUT2D eigenvalue weighted by Crippen LogP contribution is 2.28. The van der Waals surface area contributed by atoms with Crippen LogP contribution in [-0.4, -0.2) is 39.4 Å². The van der Waals surface area contributed by atoms with Gasteiger partial charge in [-0.1, -0.05) is 46.2 Å². The molecule has 28 heavy (non-hydrogen) atoms. The number of anilines is 1. The van der Waals surface area contributed by atoms with Gasteiger partial charge in [-0.3, -0.25) is 9.59 Å². The molecule has 0 aliphatic carbocycles. The van der Waals surface area contributed by atoms with Gasteiger partial charge >= 0.3 is 0 Å². The summed E-state index contributed by atoms with van der Waals surface area (Å²) in [5, 5.41) is 6.07. The number of halogens is 1. The summed E-state index contributed by atoms with van der Waals surface area (Å²) in [4.78, 5) is 27.0. The van der Waals surface area contributed by atoms with Crippen molar-refractivity contribution in [2.45, 2.75) is 45.4 Å². The van der Waals surface area contributed by atoms with Gasteiger partial charge in [0.1, 0.15) is 5.76 Å². The maximum atomic E-state index is 12.9. The van der Waals surface area contributed by atoms with Crippen molar-refractivity contribution in [3.8, 4) is 0 Å². The number of carbonyl (C=O) groups excluding carboxylic acids is 2. The summed E-state index contributed by atoms with van der Waals surface area (Å²) in [5.41, 5.74) is 1.07. The van der Waals surface area contributed by atoms with Crippen LogP contribution in [0.3, 0.4) is 0 Å². The first-order chi connectivity index (χ1) is 13.3. The Balaban J connectivity index is 1.95. The van der Waals surface area contributed by atoms with Crippen LogP contribution in [0.1, 0.15) is 44.6 Å². The molecule has 152 valence electrons. The molecule has 0 spiro atoms. The Labute approximate surface area is 178 Å². The standard InChI is InChI=1S/C20H26BrN3O3S/c1-5-10-24(14(3)16-8-6-7-9-17(16)21)19(25)12-28-15(4)20(26)22-18-11-13(2)27-23-18/h6-9,11,14-15H,5,10,12H2,1-4H3,(H,22,23,26). The Kier molecular flexibility index (Phi) is 8.57. The fraction of sp³-hybridized carbons (Fsp3) is 0.450. The number of aromatic nitrogens is 1. The van der Waals surface area contributed by atoms with Gasteiger partial charge in [-0.15, -0.1) is 11.8 Å². The molecule has 1 N–H and O–H groups in total. The second-order valence-electron chi connectivity index (χ2n) is 6.55. The molecule has 8 heteroatoms. The lowest BCUT2D eigenvalue weighted by Crippen LogP contribution is -2.36. The molecule has 2 atom stereocenters. The highest BCUT2D eigenvalue weighted by molar-refractivity contribution is 9.10. The Bertz CT molecular complexity index is 811. The van der Waals surface area contributed by atoms with E-state index in [1.54, 1.807) is 19.9 Å². The van der Waals surface area contributed by atoms with Gasteiger partial charge in [0.2, 0.25) is 11.8 Å². The van der Waals surface area contributed by atoms with Crippen LogP contribution < -0.4 is 5.32 Å². The maximum Gasteiger partial charge on any atom is 0.238 e. The van der Waals surface area contributed by atoms with Crippen molar-refractivity contribution in [2.24, 2.45) is 0 Å². The van der Waals surface area contributed by atoms with E-state index in [0.717, 1.165) is 16.5 Å². The quantitative estimate of drug-likeness (QED) is 0.572. The number of rotatable bonds is 9. The molecule has 1 heterocycles. The second kappa shape index (κ2) is 10.7. The molecule has 6 nitrogen and oxygen atoms in total. The molecule has 0 radical (unpaired) electrons. The van der Waals surface area contributed by atoms with Crippen molar-refractivity contribution < 1.29 is 14.1 Å². The number of nitrogens with zero attached hydrogens (tertiary/aromatic N) is 2. The van der Waals surface area contributed by atoms with Crippen molar-refractivity contribution in [3.05, 3.63) is 46.1 Å². The molecule has 2 aromatic rings. The minimum atomic E-state index is -0.386. The number of amides is 2. The highest BCUT2D eigenvalue weighted by Gasteiger charge is 2.24. The molecule has 0 aliphatic heterocycles. The minimum absolute atomic E-state index is 0.0204. The van der Waals surface area contributed by atoms with E-state index in [9.17, 15) is 9.59 Å². The van der Waals surface area contributed by atoms with Crippen LogP contribution in [0.4, 0.5) is 5.82 Å². The Morgan fingerprint density at radius 1 is 1.32 bits per heavy atom. The predicted molar refractivity (Wildman–Crippen MR) is 116 cm³/mol. The van der Waals surface area contributed by atoms with Gasteiger partial charge in [-0.2, -0.15) is 0 Å². The van der Waals surface area contributed by atoms with Gasteiger partial charge < -0.3 is 14.7 Å². The Hall–Kier alpha value is -1.80. The molecule has 0 fully saturated rings. The molecule has 1 aromatic carbocycles. The van der Waals surface area contributed by atoms with E-state index in [4.69, 9.17) is 4.52 Å². The van der Waals surface area contributed by atoms with Crippen LogP contribution >= 0.6 is 27.7 Å². The van der Waals surface area contributed by atoms with Crippen LogP contribution in [0.25, 0.3) is 0 Å². The average Bonchev–Trinajstić information content (AvgIpc) is 3.08. The summed E-state index contributed by atoms with van der Waals surface area (Å²) in [5.74, 6) is 1.07. The van der Waals surface area contributed by atoms with Gasteiger partial charge in [-0.05, 0) is 38.8 Å². The lowest BCUT2D eigenvalue weighted by atomic mass is 10.1. The fourth-order valence-electron chi connectivity index (χ4n) is 2.77. The predicted octanol–water partition coefficient (Wildman–Crippen LogP) is 4.81. The highest BCUT2D eigenvalue weighted by atomic mass is 79.9. The SMILES string of the molecule is CCCN(C(=O)CSC(C)C(=O)Nc1cc(C)on1)C(C)c1ccccc1Br. The van der Waals surface area contributed by atoms with Crippen molar-refractivity contribution >= 4 is 45.3 Å². The molecular weight excluding hydrogens is 442 g/mol. The normalized spacial score (nSPS) is 13.0. The van der Waals surface area contributed by atoms with Gasteiger partial charge in [0, 0.05) is 17.1 Å². The van der Waals surface area contributed by atoms with E-state index in [1.807, 2.05) is 36.1 Å². The minimum Gasteiger partial charge on any atom is -0.360 e. The van der Waals surface area contributed by atoms with E-state index < -0.39 is 0 Å². The summed E-state index contributed by atoms with van der Waals surface area (Å²) in [6, 6.07) is 9.53. The number of benzene rings is 1. The van der Waals surface area contributed by atoms with Crippen LogP contribution in [-0.2, 0) is 9.59 Å². The largest absolute Gasteiger partial charge is 0.360 e. The van der Waals surface area contributed by atoms with Crippen LogP contribution in [0.2, 0.25) is 0 Å². The molecule has 0 saturated carbocycles. The number of aryl methyl sites for hydroxylation is 1. The zero-order chi connectivity index (χ0) is 20.7. The van der Waals surface area contributed by atoms with E-state index >= 15 is 0 Å². The second-order valence-corrected chi connectivity index (χ2v) is 8.73. The van der Waals surface area contributed by atoms with Gasteiger partial charge in [0.15, 0.2) is 5.82 Å². The summed E-state index contributed by atoms with van der Waals surface area (Å²) < 4.78 is 5.93. The third-order valence-electron chi connectivity index (χ3n) is 4.31. The number of nitrogens with one attached hydrogen (secondary N) is 1. The summed E-state index contributed by atoms with van der Waals surface area (Å²) in [6.45, 7) is 8.29. The topological polar surface area (TPSA) is 75.4 Å². The summed E-state index contributed by atoms with van der Waals surface area (Å²) in [7, 11) is 0. The van der Waals surface area contributed by atoms with Crippen LogP contribution in [0.15, 0.2) is 39.3 Å². The number of thioether (sulfide) groups is 1. The van der Waals surface area contributed by atoms with E-state index in [2.05, 4.69) is 33.3 Å². The molecule has 2 amide bonds. The third kappa shape index (κ3) is 6.10. The average molecular weight is 468 g/mol. The Morgan fingerprint density at radius 3 is 2.64 bits per heavy atom. The van der Waals surface area contributed by atoms with Gasteiger partial charge in [-0.25, -0.2) is 0 Å². The molecule has 0 bridgehead atoms. The number of hydrogen-bond acceptors (Lipinski definition) is 5. The van der Waals surface area contributed by atoms with Crippen molar-refractivity contribution in [1.29, 1.82) is 0 Å². The lowest BCUT2D eigenvalue weighted by molar-refractivity contribution is -0.130. The van der Waals surface area contributed by atoms with E-state index in [0.29, 0.717) is 18.1 Å². The molecule has 2 unspecified atom stereocenters. The number of carbonyl (C=O) groups is 2. The zero-order valence-electron chi connectivity index (χ0n) is 16.6. The summed E-state index contributed by atoms with van der Waals surface area (Å²) >= 11 is 4.89. The first-order valence-electron chi connectivity index (χ1n) is 9.23. The number of hydrogen-bond donors (Lipinski definition) is 1.